The Morgan fingerprint density at radius 2 is 1.90 bits per heavy atom. The molecule has 2 bridgehead atoms. The van der Waals surface area contributed by atoms with Crippen LogP contribution in [0.3, 0.4) is 0 Å². The lowest BCUT2D eigenvalue weighted by Gasteiger charge is -2.52. The summed E-state index contributed by atoms with van der Waals surface area (Å²) >= 11 is 0. The average Bonchev–Trinajstić information content (AvgIpc) is 2.94. The van der Waals surface area contributed by atoms with Crippen LogP contribution in [-0.4, -0.2) is 57.1 Å². The number of amides is 2. The molecule has 0 aromatic carbocycles. The second-order valence-corrected chi connectivity index (χ2v) is 9.34. The second-order valence-electron chi connectivity index (χ2n) is 9.34. The summed E-state index contributed by atoms with van der Waals surface area (Å²) in [5.41, 5.74) is 1.88. The fraction of sp³-hybridized carbons (Fsp3) is 0.727. The summed E-state index contributed by atoms with van der Waals surface area (Å²) in [5.74, 6) is 0.995. The van der Waals surface area contributed by atoms with Crippen molar-refractivity contribution in [1.29, 1.82) is 0 Å². The number of hydrogen-bond acceptors (Lipinski definition) is 4. The molecule has 4 heterocycles. The van der Waals surface area contributed by atoms with Gasteiger partial charge in [0.1, 0.15) is 6.54 Å². The molecule has 3 aliphatic heterocycles. The van der Waals surface area contributed by atoms with Gasteiger partial charge in [-0.2, -0.15) is 5.10 Å². The van der Waals surface area contributed by atoms with Gasteiger partial charge in [0.05, 0.1) is 5.69 Å². The first-order valence-corrected chi connectivity index (χ1v) is 11.3. The first kappa shape index (κ1) is 18.8. The Labute approximate surface area is 171 Å². The Morgan fingerprint density at radius 3 is 2.79 bits per heavy atom. The molecule has 7 heteroatoms. The summed E-state index contributed by atoms with van der Waals surface area (Å²) in [7, 11) is 0. The highest BCUT2D eigenvalue weighted by molar-refractivity contribution is 5.78. The predicted octanol–water partition coefficient (Wildman–Crippen LogP) is 1.37. The summed E-state index contributed by atoms with van der Waals surface area (Å²) in [6.07, 6.45) is 8.97. The van der Waals surface area contributed by atoms with E-state index in [1.807, 2.05) is 4.90 Å². The Hall–Kier alpha value is -2.18. The van der Waals surface area contributed by atoms with Crippen LogP contribution in [0.4, 0.5) is 0 Å². The number of hydrogen-bond donors (Lipinski definition) is 0. The van der Waals surface area contributed by atoms with Crippen molar-refractivity contribution in [2.45, 2.75) is 70.4 Å². The van der Waals surface area contributed by atoms with Crippen molar-refractivity contribution in [3.63, 3.8) is 0 Å². The zero-order chi connectivity index (χ0) is 20.0. The molecule has 3 atom stereocenters. The number of fused-ring (bicyclic) bond motifs is 5. The number of likely N-dealkylation sites (tertiary alicyclic amines) is 1. The minimum absolute atomic E-state index is 0.0153. The minimum Gasteiger partial charge on any atom is -0.340 e. The molecule has 4 aliphatic rings. The van der Waals surface area contributed by atoms with Crippen LogP contribution in [0, 0.1) is 11.8 Å². The first-order valence-electron chi connectivity index (χ1n) is 11.3. The topological polar surface area (TPSA) is 75.5 Å². The molecule has 1 aromatic heterocycles. The number of carbonyl (C=O) groups excluding carboxylic acids is 2. The molecule has 2 amide bonds. The molecule has 3 fully saturated rings. The second kappa shape index (κ2) is 7.58. The van der Waals surface area contributed by atoms with Crippen molar-refractivity contribution in [3.8, 4) is 0 Å². The van der Waals surface area contributed by atoms with E-state index in [1.165, 1.54) is 11.1 Å². The third-order valence-electron chi connectivity index (χ3n) is 7.34. The number of nitrogens with zero attached hydrogens (tertiary/aromatic N) is 4. The van der Waals surface area contributed by atoms with E-state index < -0.39 is 0 Å². The van der Waals surface area contributed by atoms with Gasteiger partial charge in [-0.15, -0.1) is 0 Å². The summed E-state index contributed by atoms with van der Waals surface area (Å²) in [6, 6.07) is 1.98. The van der Waals surface area contributed by atoms with E-state index in [2.05, 4.69) is 10.00 Å². The molecule has 29 heavy (non-hydrogen) atoms. The molecule has 3 saturated heterocycles. The third kappa shape index (κ3) is 3.60. The molecule has 1 aromatic rings. The van der Waals surface area contributed by atoms with Crippen LogP contribution in [0.2, 0.25) is 0 Å². The van der Waals surface area contributed by atoms with Crippen LogP contribution in [0.25, 0.3) is 0 Å². The Morgan fingerprint density at radius 1 is 1.03 bits per heavy atom. The molecular weight excluding hydrogens is 368 g/mol. The van der Waals surface area contributed by atoms with E-state index >= 15 is 0 Å². The Bertz CT molecular complexity index is 879. The van der Waals surface area contributed by atoms with Crippen molar-refractivity contribution >= 4 is 11.8 Å². The van der Waals surface area contributed by atoms with Gasteiger partial charge in [0.25, 0.3) is 5.56 Å². The Balaban J connectivity index is 1.30. The smallest absolute Gasteiger partial charge is 0.267 e. The quantitative estimate of drug-likeness (QED) is 0.705. The van der Waals surface area contributed by atoms with Gasteiger partial charge in [0, 0.05) is 38.2 Å². The lowest BCUT2D eigenvalue weighted by molar-refractivity contribution is -0.149. The van der Waals surface area contributed by atoms with Crippen LogP contribution in [0.1, 0.15) is 56.2 Å². The van der Waals surface area contributed by atoms with Crippen molar-refractivity contribution in [3.05, 3.63) is 27.7 Å². The zero-order valence-electron chi connectivity index (χ0n) is 17.0. The summed E-state index contributed by atoms with van der Waals surface area (Å²) in [5, 5.41) is 4.56. The van der Waals surface area contributed by atoms with Gasteiger partial charge < -0.3 is 9.80 Å². The van der Waals surface area contributed by atoms with Crippen molar-refractivity contribution in [2.24, 2.45) is 11.8 Å². The number of rotatable bonds is 2. The highest BCUT2D eigenvalue weighted by atomic mass is 16.2. The van der Waals surface area contributed by atoms with Crippen molar-refractivity contribution < 1.29 is 9.59 Å². The maximum atomic E-state index is 13.1. The molecule has 0 N–H and O–H groups in total. The molecule has 7 nitrogen and oxygen atoms in total. The van der Waals surface area contributed by atoms with E-state index in [9.17, 15) is 14.4 Å². The van der Waals surface area contributed by atoms with Crippen molar-refractivity contribution in [1.82, 2.24) is 19.6 Å². The van der Waals surface area contributed by atoms with E-state index in [0.717, 1.165) is 62.7 Å². The maximum absolute atomic E-state index is 13.1. The lowest BCUT2D eigenvalue weighted by Crippen LogP contribution is -2.61. The van der Waals surface area contributed by atoms with Crippen LogP contribution in [0.15, 0.2) is 10.9 Å². The molecule has 156 valence electrons. The maximum Gasteiger partial charge on any atom is 0.267 e. The molecule has 5 rings (SSSR count). The number of aryl methyl sites for hydroxylation is 2. The summed E-state index contributed by atoms with van der Waals surface area (Å²) in [4.78, 5) is 41.9. The molecule has 0 radical (unpaired) electrons. The van der Waals surface area contributed by atoms with E-state index in [1.54, 1.807) is 6.07 Å². The van der Waals surface area contributed by atoms with Gasteiger partial charge in [0.2, 0.25) is 11.8 Å². The van der Waals surface area contributed by atoms with Gasteiger partial charge in [-0.1, -0.05) is 6.42 Å². The monoisotopic (exact) mass is 398 g/mol. The molecular formula is C22H30N4O3. The first-order chi connectivity index (χ1) is 14.1. The zero-order valence-corrected chi connectivity index (χ0v) is 17.0. The van der Waals surface area contributed by atoms with Crippen LogP contribution in [0.5, 0.6) is 0 Å². The number of aromatic nitrogens is 2. The lowest BCUT2D eigenvalue weighted by atomic mass is 9.76. The van der Waals surface area contributed by atoms with Crippen LogP contribution < -0.4 is 5.56 Å². The summed E-state index contributed by atoms with van der Waals surface area (Å²) < 4.78 is 1.37. The Kier molecular flexibility index (Phi) is 4.92. The van der Waals surface area contributed by atoms with Gasteiger partial charge in [-0.05, 0) is 62.3 Å². The molecule has 0 saturated carbocycles. The van der Waals surface area contributed by atoms with Gasteiger partial charge in [0.15, 0.2) is 0 Å². The van der Waals surface area contributed by atoms with Gasteiger partial charge in [-0.25, -0.2) is 4.68 Å². The third-order valence-corrected chi connectivity index (χ3v) is 7.34. The SMILES string of the molecule is O=C(Cn1nc2c(cc1=O)CCCCC2)N1CC2CC(C1)C1CCCC(=O)N1C2. The van der Waals surface area contributed by atoms with Crippen LogP contribution in [-0.2, 0) is 29.0 Å². The van der Waals surface area contributed by atoms with Crippen LogP contribution >= 0.6 is 0 Å². The van der Waals surface area contributed by atoms with E-state index in [-0.39, 0.29) is 30.0 Å². The molecule has 0 spiro atoms. The largest absolute Gasteiger partial charge is 0.340 e. The highest BCUT2D eigenvalue weighted by Crippen LogP contribution is 2.37. The fourth-order valence-corrected chi connectivity index (χ4v) is 5.93. The highest BCUT2D eigenvalue weighted by Gasteiger charge is 2.44. The van der Waals surface area contributed by atoms with E-state index in [4.69, 9.17) is 0 Å². The predicted molar refractivity (Wildman–Crippen MR) is 107 cm³/mol. The molecule has 1 aliphatic carbocycles. The standard InChI is InChI=1S/C22H30N4O3/c27-20-8-4-7-19-17-9-15(12-25(19)20)11-24(13-17)22(29)14-26-21(28)10-16-5-2-1-3-6-18(16)23-26/h10,15,17,19H,1-9,11-14H2. The summed E-state index contributed by atoms with van der Waals surface area (Å²) in [6.45, 7) is 2.19. The van der Waals surface area contributed by atoms with Crippen molar-refractivity contribution in [2.75, 3.05) is 19.6 Å². The normalized spacial score (nSPS) is 29.1. The minimum atomic E-state index is -0.166. The number of piperidine rings is 3. The average molecular weight is 399 g/mol. The fourth-order valence-electron chi connectivity index (χ4n) is 5.93. The molecule has 3 unspecified atom stereocenters. The van der Waals surface area contributed by atoms with Gasteiger partial charge in [-0.3, -0.25) is 14.4 Å². The van der Waals surface area contributed by atoms with E-state index in [0.29, 0.717) is 31.3 Å². The van der Waals surface area contributed by atoms with Gasteiger partial charge >= 0.3 is 0 Å². The number of carbonyl (C=O) groups is 2.